The lowest BCUT2D eigenvalue weighted by atomic mass is 9.99. The third kappa shape index (κ3) is 2.23. The first-order valence-electron chi connectivity index (χ1n) is 6.82. The highest BCUT2D eigenvalue weighted by molar-refractivity contribution is 5.83. The standard InChI is InChI=1S/C16H15N3O/c17-9-14-8-13-5-1-2-6-15(13)18-16(14)19-7-3-4-12(10-19)11-20/h1-2,5-6,8,11-12H,3-4,7,10H2. The van der Waals surface area contributed by atoms with Crippen LogP contribution in [0, 0.1) is 17.2 Å². The van der Waals surface area contributed by atoms with E-state index in [-0.39, 0.29) is 5.92 Å². The van der Waals surface area contributed by atoms with Crippen LogP contribution < -0.4 is 4.90 Å². The minimum Gasteiger partial charge on any atom is -0.355 e. The summed E-state index contributed by atoms with van der Waals surface area (Å²) in [5.74, 6) is 0.751. The van der Waals surface area contributed by atoms with Crippen molar-refractivity contribution in [3.63, 3.8) is 0 Å². The van der Waals surface area contributed by atoms with Crippen LogP contribution >= 0.6 is 0 Å². The zero-order valence-electron chi connectivity index (χ0n) is 11.1. The average Bonchev–Trinajstić information content (AvgIpc) is 2.53. The molecule has 0 bridgehead atoms. The van der Waals surface area contributed by atoms with E-state index in [1.165, 1.54) is 0 Å². The van der Waals surface area contributed by atoms with Crippen LogP contribution in [0.4, 0.5) is 5.82 Å². The largest absolute Gasteiger partial charge is 0.355 e. The summed E-state index contributed by atoms with van der Waals surface area (Å²) in [7, 11) is 0. The molecule has 4 heteroatoms. The van der Waals surface area contributed by atoms with Crippen molar-refractivity contribution in [2.75, 3.05) is 18.0 Å². The molecule has 1 fully saturated rings. The molecule has 1 aliphatic rings. The second kappa shape index (κ2) is 5.30. The lowest BCUT2D eigenvalue weighted by molar-refractivity contribution is -0.111. The van der Waals surface area contributed by atoms with Crippen LogP contribution in [-0.2, 0) is 4.79 Å². The highest BCUT2D eigenvalue weighted by Crippen LogP contribution is 2.26. The smallest absolute Gasteiger partial charge is 0.147 e. The van der Waals surface area contributed by atoms with Gasteiger partial charge in [0.2, 0.25) is 0 Å². The minimum atomic E-state index is 0.0450. The van der Waals surface area contributed by atoms with Crippen molar-refractivity contribution in [2.45, 2.75) is 12.8 Å². The monoisotopic (exact) mass is 265 g/mol. The number of hydrogen-bond acceptors (Lipinski definition) is 4. The van der Waals surface area contributed by atoms with Gasteiger partial charge >= 0.3 is 0 Å². The highest BCUT2D eigenvalue weighted by Gasteiger charge is 2.22. The maximum atomic E-state index is 11.0. The number of benzene rings is 1. The molecule has 1 atom stereocenters. The summed E-state index contributed by atoms with van der Waals surface area (Å²) < 4.78 is 0. The number of nitrogens with zero attached hydrogens (tertiary/aromatic N) is 3. The minimum absolute atomic E-state index is 0.0450. The number of pyridine rings is 1. The van der Waals surface area contributed by atoms with Crippen molar-refractivity contribution in [1.29, 1.82) is 5.26 Å². The van der Waals surface area contributed by atoms with Gasteiger partial charge in [0, 0.05) is 24.4 Å². The summed E-state index contributed by atoms with van der Waals surface area (Å²) in [5, 5.41) is 10.3. The molecule has 0 radical (unpaired) electrons. The number of carbonyl (C=O) groups excluding carboxylic acids is 1. The summed E-state index contributed by atoms with van der Waals surface area (Å²) in [5.41, 5.74) is 1.46. The number of rotatable bonds is 2. The molecule has 0 amide bonds. The Morgan fingerprint density at radius 2 is 2.25 bits per heavy atom. The first kappa shape index (κ1) is 12.6. The number of nitriles is 1. The van der Waals surface area contributed by atoms with Crippen molar-refractivity contribution in [1.82, 2.24) is 4.98 Å². The molecule has 0 aliphatic carbocycles. The third-order valence-corrected chi connectivity index (χ3v) is 3.77. The Morgan fingerprint density at radius 1 is 1.40 bits per heavy atom. The first-order chi connectivity index (χ1) is 9.81. The van der Waals surface area contributed by atoms with Crippen LogP contribution in [0.25, 0.3) is 10.9 Å². The normalized spacial score (nSPS) is 18.8. The highest BCUT2D eigenvalue weighted by atomic mass is 16.1. The quantitative estimate of drug-likeness (QED) is 0.783. The molecule has 1 unspecified atom stereocenters. The van der Waals surface area contributed by atoms with E-state index in [0.29, 0.717) is 17.9 Å². The summed E-state index contributed by atoms with van der Waals surface area (Å²) in [6.07, 6.45) is 2.90. The topological polar surface area (TPSA) is 57.0 Å². The Bertz CT molecular complexity index is 690. The fourth-order valence-corrected chi connectivity index (χ4v) is 2.74. The van der Waals surface area contributed by atoms with Crippen molar-refractivity contribution in [2.24, 2.45) is 5.92 Å². The predicted octanol–water partition coefficient (Wildman–Crippen LogP) is 2.52. The average molecular weight is 265 g/mol. The van der Waals surface area contributed by atoms with E-state index in [2.05, 4.69) is 16.0 Å². The Hall–Kier alpha value is -2.41. The van der Waals surface area contributed by atoms with Gasteiger partial charge in [0.1, 0.15) is 18.2 Å². The Kier molecular flexibility index (Phi) is 3.34. The van der Waals surface area contributed by atoms with E-state index in [1.807, 2.05) is 30.3 Å². The van der Waals surface area contributed by atoms with E-state index >= 15 is 0 Å². The van der Waals surface area contributed by atoms with E-state index in [9.17, 15) is 10.1 Å². The molecular weight excluding hydrogens is 250 g/mol. The van der Waals surface area contributed by atoms with E-state index in [0.717, 1.165) is 36.6 Å². The van der Waals surface area contributed by atoms with Gasteiger partial charge in [-0.3, -0.25) is 0 Å². The van der Waals surface area contributed by atoms with E-state index in [1.54, 1.807) is 0 Å². The van der Waals surface area contributed by atoms with Gasteiger partial charge in [0.15, 0.2) is 0 Å². The molecule has 100 valence electrons. The Morgan fingerprint density at radius 3 is 3.05 bits per heavy atom. The van der Waals surface area contributed by atoms with Crippen LogP contribution in [0.5, 0.6) is 0 Å². The number of hydrogen-bond donors (Lipinski definition) is 0. The SMILES string of the molecule is N#Cc1cc2ccccc2nc1N1CCCC(C=O)C1. The molecule has 0 saturated carbocycles. The van der Waals surface area contributed by atoms with Gasteiger partial charge in [-0.05, 0) is 25.0 Å². The molecule has 1 aliphatic heterocycles. The first-order valence-corrected chi connectivity index (χ1v) is 6.82. The van der Waals surface area contributed by atoms with Crippen LogP contribution in [-0.4, -0.2) is 24.4 Å². The van der Waals surface area contributed by atoms with E-state index < -0.39 is 0 Å². The fraction of sp³-hybridized carbons (Fsp3) is 0.312. The lowest BCUT2D eigenvalue weighted by Crippen LogP contribution is -2.37. The van der Waals surface area contributed by atoms with Gasteiger partial charge in [-0.25, -0.2) is 4.98 Å². The molecule has 4 nitrogen and oxygen atoms in total. The van der Waals surface area contributed by atoms with E-state index in [4.69, 9.17) is 0 Å². The van der Waals surface area contributed by atoms with Crippen molar-refractivity contribution in [3.8, 4) is 6.07 Å². The summed E-state index contributed by atoms with van der Waals surface area (Å²) in [6, 6.07) is 11.9. The molecule has 2 heterocycles. The van der Waals surface area contributed by atoms with Crippen molar-refractivity contribution in [3.05, 3.63) is 35.9 Å². The molecule has 2 aromatic rings. The summed E-state index contributed by atoms with van der Waals surface area (Å²) >= 11 is 0. The third-order valence-electron chi connectivity index (χ3n) is 3.77. The number of para-hydroxylation sites is 1. The van der Waals surface area contributed by atoms with Gasteiger partial charge in [-0.15, -0.1) is 0 Å². The van der Waals surface area contributed by atoms with Gasteiger partial charge in [-0.2, -0.15) is 5.26 Å². The number of piperidine rings is 1. The summed E-state index contributed by atoms with van der Waals surface area (Å²) in [4.78, 5) is 17.7. The van der Waals surface area contributed by atoms with Gasteiger partial charge in [0.25, 0.3) is 0 Å². The predicted molar refractivity (Wildman–Crippen MR) is 77.5 cm³/mol. The molecule has 20 heavy (non-hydrogen) atoms. The fourth-order valence-electron chi connectivity index (χ4n) is 2.74. The van der Waals surface area contributed by atoms with Crippen molar-refractivity contribution >= 4 is 23.0 Å². The Balaban J connectivity index is 2.05. The van der Waals surface area contributed by atoms with Crippen LogP contribution in [0.1, 0.15) is 18.4 Å². The van der Waals surface area contributed by atoms with Crippen LogP contribution in [0.15, 0.2) is 30.3 Å². The molecule has 1 aromatic heterocycles. The molecule has 0 spiro atoms. The van der Waals surface area contributed by atoms with Gasteiger partial charge in [-0.1, -0.05) is 18.2 Å². The lowest BCUT2D eigenvalue weighted by Gasteiger charge is -2.31. The van der Waals surface area contributed by atoms with Gasteiger partial charge in [0.05, 0.1) is 11.1 Å². The number of carbonyl (C=O) groups is 1. The van der Waals surface area contributed by atoms with Crippen LogP contribution in [0.3, 0.4) is 0 Å². The maximum absolute atomic E-state index is 11.0. The second-order valence-corrected chi connectivity index (χ2v) is 5.15. The molecule has 1 aromatic carbocycles. The number of aromatic nitrogens is 1. The zero-order valence-corrected chi connectivity index (χ0v) is 11.1. The Labute approximate surface area is 117 Å². The van der Waals surface area contributed by atoms with Crippen molar-refractivity contribution < 1.29 is 4.79 Å². The number of anilines is 1. The number of fused-ring (bicyclic) bond motifs is 1. The maximum Gasteiger partial charge on any atom is 0.147 e. The second-order valence-electron chi connectivity index (χ2n) is 5.15. The molecule has 1 saturated heterocycles. The summed E-state index contributed by atoms with van der Waals surface area (Å²) in [6.45, 7) is 1.51. The zero-order chi connectivity index (χ0) is 13.9. The van der Waals surface area contributed by atoms with Crippen LogP contribution in [0.2, 0.25) is 0 Å². The number of aldehydes is 1. The molecular formula is C16H15N3O. The molecule has 0 N–H and O–H groups in total. The van der Waals surface area contributed by atoms with Gasteiger partial charge < -0.3 is 9.69 Å². The molecule has 3 rings (SSSR count).